The van der Waals surface area contributed by atoms with Gasteiger partial charge in [-0.1, -0.05) is 0 Å². The largest absolute Gasteiger partial charge is 0.497 e. The zero-order chi connectivity index (χ0) is 18.7. The highest BCUT2D eigenvalue weighted by atomic mass is 16.5. The average molecular weight is 351 g/mol. The molecule has 0 saturated heterocycles. The van der Waals surface area contributed by atoms with E-state index in [2.05, 4.69) is 0 Å². The molecule has 0 aliphatic heterocycles. The molecule has 5 nitrogen and oxygen atoms in total. The maximum atomic E-state index is 13.2. The van der Waals surface area contributed by atoms with Crippen molar-refractivity contribution in [1.29, 1.82) is 0 Å². The molecule has 2 aromatic carbocycles. The zero-order valence-corrected chi connectivity index (χ0v) is 15.3. The standard InChI is InChI=1S/C21H21NO4/c1-22(2)12-11-19-20(17-13-16(25-4)9-10-18(17)26-19)21(23)14-5-7-15(24-3)8-6-14/h5-13H,1-4H3/b12-11+. The number of nitrogens with zero attached hydrogens (tertiary/aromatic N) is 1. The third-order valence-electron chi connectivity index (χ3n) is 4.03. The maximum absolute atomic E-state index is 13.2. The van der Waals surface area contributed by atoms with Crippen LogP contribution in [0.1, 0.15) is 21.7 Å². The van der Waals surface area contributed by atoms with Crippen molar-refractivity contribution in [2.75, 3.05) is 28.3 Å². The summed E-state index contributed by atoms with van der Waals surface area (Å²) in [6, 6.07) is 12.5. The molecule has 0 radical (unpaired) electrons. The van der Waals surface area contributed by atoms with Gasteiger partial charge in [-0.3, -0.25) is 4.79 Å². The monoisotopic (exact) mass is 351 g/mol. The van der Waals surface area contributed by atoms with Crippen molar-refractivity contribution >= 4 is 22.8 Å². The van der Waals surface area contributed by atoms with E-state index in [-0.39, 0.29) is 5.78 Å². The molecule has 0 spiro atoms. The van der Waals surface area contributed by atoms with E-state index in [0.29, 0.717) is 34.0 Å². The molecule has 0 bridgehead atoms. The smallest absolute Gasteiger partial charge is 0.197 e. The van der Waals surface area contributed by atoms with Crippen LogP contribution in [0.5, 0.6) is 11.5 Å². The molecule has 0 N–H and O–H groups in total. The number of hydrogen-bond acceptors (Lipinski definition) is 5. The Balaban J connectivity index is 2.16. The highest BCUT2D eigenvalue weighted by Gasteiger charge is 2.21. The Morgan fingerprint density at radius 1 is 1.00 bits per heavy atom. The van der Waals surface area contributed by atoms with E-state index in [4.69, 9.17) is 13.9 Å². The summed E-state index contributed by atoms with van der Waals surface area (Å²) < 4.78 is 16.4. The topological polar surface area (TPSA) is 51.9 Å². The van der Waals surface area contributed by atoms with Gasteiger partial charge in [0.05, 0.1) is 19.8 Å². The number of methoxy groups -OCH3 is 2. The summed E-state index contributed by atoms with van der Waals surface area (Å²) in [6.07, 6.45) is 3.64. The summed E-state index contributed by atoms with van der Waals surface area (Å²) in [5.74, 6) is 1.78. The molecule has 134 valence electrons. The van der Waals surface area contributed by atoms with Crippen molar-refractivity contribution in [1.82, 2.24) is 4.90 Å². The number of furan rings is 1. The lowest BCUT2D eigenvalue weighted by atomic mass is 10.00. The van der Waals surface area contributed by atoms with Gasteiger partial charge in [-0.25, -0.2) is 0 Å². The van der Waals surface area contributed by atoms with E-state index in [1.807, 2.05) is 43.4 Å². The number of fused-ring (bicyclic) bond motifs is 1. The van der Waals surface area contributed by atoms with Crippen LogP contribution in [0.2, 0.25) is 0 Å². The molecule has 3 aromatic rings. The van der Waals surface area contributed by atoms with Gasteiger partial charge in [0.2, 0.25) is 0 Å². The van der Waals surface area contributed by atoms with Gasteiger partial charge in [-0.2, -0.15) is 0 Å². The number of carbonyl (C=O) groups is 1. The molecular weight excluding hydrogens is 330 g/mol. The molecule has 26 heavy (non-hydrogen) atoms. The van der Waals surface area contributed by atoms with Crippen molar-refractivity contribution in [2.24, 2.45) is 0 Å². The molecule has 0 unspecified atom stereocenters. The van der Waals surface area contributed by atoms with Crippen LogP contribution in [0.15, 0.2) is 53.1 Å². The van der Waals surface area contributed by atoms with Gasteiger partial charge in [0.25, 0.3) is 0 Å². The molecule has 0 saturated carbocycles. The Hall–Kier alpha value is -3.21. The highest BCUT2D eigenvalue weighted by Crippen LogP contribution is 2.32. The zero-order valence-electron chi connectivity index (χ0n) is 15.3. The number of benzene rings is 2. The van der Waals surface area contributed by atoms with Gasteiger partial charge >= 0.3 is 0 Å². The van der Waals surface area contributed by atoms with Crippen LogP contribution in [0.4, 0.5) is 0 Å². The van der Waals surface area contributed by atoms with Gasteiger partial charge in [-0.05, 0) is 48.5 Å². The summed E-state index contributed by atoms with van der Waals surface area (Å²) in [4.78, 5) is 15.1. The van der Waals surface area contributed by atoms with E-state index < -0.39 is 0 Å². The van der Waals surface area contributed by atoms with E-state index in [0.717, 1.165) is 5.39 Å². The Bertz CT molecular complexity index is 952. The van der Waals surface area contributed by atoms with Gasteiger partial charge in [0.15, 0.2) is 5.78 Å². The minimum Gasteiger partial charge on any atom is -0.497 e. The Labute approximate surface area is 152 Å². The lowest BCUT2D eigenvalue weighted by molar-refractivity contribution is 0.103. The molecule has 0 aliphatic rings. The normalized spacial score (nSPS) is 11.1. The minimum absolute atomic E-state index is 0.113. The summed E-state index contributed by atoms with van der Waals surface area (Å²) in [6.45, 7) is 0. The van der Waals surface area contributed by atoms with Crippen LogP contribution in [0.3, 0.4) is 0 Å². The third kappa shape index (κ3) is 3.42. The summed E-state index contributed by atoms with van der Waals surface area (Å²) in [5, 5.41) is 0.726. The van der Waals surface area contributed by atoms with Crippen LogP contribution in [-0.2, 0) is 0 Å². The summed E-state index contributed by atoms with van der Waals surface area (Å²) in [5.41, 5.74) is 1.72. The molecular formula is C21H21NO4. The fraction of sp³-hybridized carbons (Fsp3) is 0.190. The number of ketones is 1. The van der Waals surface area contributed by atoms with E-state index in [9.17, 15) is 4.79 Å². The van der Waals surface area contributed by atoms with E-state index in [1.54, 1.807) is 44.6 Å². The van der Waals surface area contributed by atoms with Crippen LogP contribution in [0, 0.1) is 0 Å². The first-order valence-corrected chi connectivity index (χ1v) is 8.17. The molecule has 0 fully saturated rings. The number of ether oxygens (including phenoxy) is 2. The highest BCUT2D eigenvalue weighted by molar-refractivity contribution is 6.18. The van der Waals surface area contributed by atoms with Crippen LogP contribution < -0.4 is 9.47 Å². The van der Waals surface area contributed by atoms with E-state index >= 15 is 0 Å². The fourth-order valence-electron chi connectivity index (χ4n) is 2.68. The van der Waals surface area contributed by atoms with Crippen molar-refractivity contribution < 1.29 is 18.7 Å². The summed E-state index contributed by atoms with van der Waals surface area (Å²) >= 11 is 0. The maximum Gasteiger partial charge on any atom is 0.197 e. The SMILES string of the molecule is COc1ccc(C(=O)c2c(/C=C/N(C)C)oc3ccc(OC)cc23)cc1. The molecule has 3 rings (SSSR count). The number of rotatable bonds is 6. The minimum atomic E-state index is -0.113. The van der Waals surface area contributed by atoms with Crippen molar-refractivity contribution in [3.8, 4) is 11.5 Å². The fourth-order valence-corrected chi connectivity index (χ4v) is 2.68. The quantitative estimate of drug-likeness (QED) is 0.623. The van der Waals surface area contributed by atoms with Gasteiger partial charge in [-0.15, -0.1) is 0 Å². The Morgan fingerprint density at radius 3 is 2.27 bits per heavy atom. The van der Waals surface area contributed by atoms with Gasteiger partial charge in [0, 0.05) is 31.2 Å². The second kappa shape index (κ2) is 7.35. The van der Waals surface area contributed by atoms with Crippen molar-refractivity contribution in [3.63, 3.8) is 0 Å². The van der Waals surface area contributed by atoms with Gasteiger partial charge < -0.3 is 18.8 Å². The Morgan fingerprint density at radius 2 is 1.65 bits per heavy atom. The second-order valence-electron chi connectivity index (χ2n) is 6.04. The first-order chi connectivity index (χ1) is 12.5. The predicted octanol–water partition coefficient (Wildman–Crippen LogP) is 4.21. The molecule has 5 heteroatoms. The first-order valence-electron chi connectivity index (χ1n) is 8.17. The second-order valence-corrected chi connectivity index (χ2v) is 6.04. The predicted molar refractivity (Wildman–Crippen MR) is 102 cm³/mol. The molecule has 0 atom stereocenters. The van der Waals surface area contributed by atoms with Crippen molar-refractivity contribution in [3.05, 3.63) is 65.6 Å². The van der Waals surface area contributed by atoms with Gasteiger partial charge in [0.1, 0.15) is 22.8 Å². The Kier molecular flexibility index (Phi) is 4.98. The van der Waals surface area contributed by atoms with Crippen LogP contribution >= 0.6 is 0 Å². The number of carbonyl (C=O) groups excluding carboxylic acids is 1. The van der Waals surface area contributed by atoms with E-state index in [1.165, 1.54) is 0 Å². The number of hydrogen-bond donors (Lipinski definition) is 0. The molecule has 1 aromatic heterocycles. The molecule has 1 heterocycles. The average Bonchev–Trinajstić information content (AvgIpc) is 3.03. The van der Waals surface area contributed by atoms with Crippen LogP contribution in [-0.4, -0.2) is 39.0 Å². The summed E-state index contributed by atoms with van der Waals surface area (Å²) in [7, 11) is 7.01. The lowest BCUT2D eigenvalue weighted by Gasteiger charge is -2.05. The lowest BCUT2D eigenvalue weighted by Crippen LogP contribution is -2.03. The molecule has 0 aliphatic carbocycles. The molecule has 0 amide bonds. The van der Waals surface area contributed by atoms with Crippen LogP contribution in [0.25, 0.3) is 17.0 Å². The third-order valence-corrected chi connectivity index (χ3v) is 4.03. The van der Waals surface area contributed by atoms with Crippen molar-refractivity contribution in [2.45, 2.75) is 0 Å². The first kappa shape index (κ1) is 17.6.